The van der Waals surface area contributed by atoms with E-state index in [2.05, 4.69) is 10.2 Å². The van der Waals surface area contributed by atoms with Crippen LogP contribution in [0.4, 0.5) is 0 Å². The average Bonchev–Trinajstić information content (AvgIpc) is 2.88. The van der Waals surface area contributed by atoms with E-state index in [9.17, 15) is 4.79 Å². The van der Waals surface area contributed by atoms with Gasteiger partial charge >= 0.3 is 0 Å². The van der Waals surface area contributed by atoms with Crippen molar-refractivity contribution in [2.45, 2.75) is 63.8 Å². The van der Waals surface area contributed by atoms with Crippen molar-refractivity contribution in [2.75, 3.05) is 32.8 Å². The summed E-state index contributed by atoms with van der Waals surface area (Å²) in [5.41, 5.74) is 0. The Morgan fingerprint density at radius 1 is 1.00 bits per heavy atom. The molecule has 3 fully saturated rings. The Morgan fingerprint density at radius 3 is 2.36 bits per heavy atom. The van der Waals surface area contributed by atoms with Gasteiger partial charge in [-0.25, -0.2) is 0 Å². The number of likely N-dealkylation sites (tertiary alicyclic amines) is 1. The number of nitrogens with one attached hydrogen (secondary N) is 1. The highest BCUT2D eigenvalue weighted by atomic mass is 16.5. The maximum absolute atomic E-state index is 12.4. The zero-order chi connectivity index (χ0) is 15.2. The number of carbonyl (C=O) groups is 1. The lowest BCUT2D eigenvalue weighted by atomic mass is 9.97. The van der Waals surface area contributed by atoms with Gasteiger partial charge in [-0.2, -0.15) is 0 Å². The van der Waals surface area contributed by atoms with E-state index >= 15 is 0 Å². The van der Waals surface area contributed by atoms with Crippen LogP contribution in [0, 0.1) is 11.8 Å². The monoisotopic (exact) mass is 308 g/mol. The standard InChI is InChI=1S/C18H32N2O2/c21-18(16-5-3-1-2-4-6-16)19-17-7-10-20(11-8-17)13-15-9-12-22-14-15/h15-17H,1-14H2,(H,19,21). The summed E-state index contributed by atoms with van der Waals surface area (Å²) in [6, 6.07) is 0.409. The number of hydrogen-bond acceptors (Lipinski definition) is 3. The molecule has 3 aliphatic rings. The van der Waals surface area contributed by atoms with Gasteiger partial charge in [0.15, 0.2) is 0 Å². The molecule has 1 amide bonds. The van der Waals surface area contributed by atoms with Crippen molar-refractivity contribution in [1.29, 1.82) is 0 Å². The van der Waals surface area contributed by atoms with Crippen molar-refractivity contribution >= 4 is 5.91 Å². The van der Waals surface area contributed by atoms with Crippen LogP contribution in [0.5, 0.6) is 0 Å². The van der Waals surface area contributed by atoms with Gasteiger partial charge in [-0.15, -0.1) is 0 Å². The fourth-order valence-electron chi connectivity index (χ4n) is 4.21. The fraction of sp³-hybridized carbons (Fsp3) is 0.944. The van der Waals surface area contributed by atoms with E-state index in [-0.39, 0.29) is 5.92 Å². The minimum atomic E-state index is 0.288. The van der Waals surface area contributed by atoms with E-state index in [1.54, 1.807) is 0 Å². The molecule has 2 heterocycles. The van der Waals surface area contributed by atoms with E-state index in [1.165, 1.54) is 38.6 Å². The number of piperidine rings is 1. The zero-order valence-corrected chi connectivity index (χ0v) is 13.9. The van der Waals surface area contributed by atoms with Gasteiger partial charge in [-0.1, -0.05) is 25.7 Å². The molecule has 2 aliphatic heterocycles. The molecule has 126 valence electrons. The quantitative estimate of drug-likeness (QED) is 0.812. The second-order valence-electron chi connectivity index (χ2n) is 7.50. The first-order valence-corrected chi connectivity index (χ1v) is 9.42. The predicted molar refractivity (Wildman–Crippen MR) is 87.7 cm³/mol. The van der Waals surface area contributed by atoms with Gasteiger partial charge in [0, 0.05) is 38.2 Å². The summed E-state index contributed by atoms with van der Waals surface area (Å²) in [6.45, 7) is 5.33. The van der Waals surface area contributed by atoms with E-state index < -0.39 is 0 Å². The minimum absolute atomic E-state index is 0.288. The molecule has 3 rings (SSSR count). The van der Waals surface area contributed by atoms with E-state index in [4.69, 9.17) is 4.74 Å². The highest BCUT2D eigenvalue weighted by Gasteiger charge is 2.27. The van der Waals surface area contributed by atoms with Gasteiger partial charge in [0.1, 0.15) is 0 Å². The molecule has 0 bridgehead atoms. The van der Waals surface area contributed by atoms with Crippen LogP contribution in [0.15, 0.2) is 0 Å². The molecule has 1 saturated carbocycles. The third-order valence-electron chi connectivity index (χ3n) is 5.70. The summed E-state index contributed by atoms with van der Waals surface area (Å²) in [7, 11) is 0. The topological polar surface area (TPSA) is 41.6 Å². The first-order chi connectivity index (χ1) is 10.8. The molecule has 1 N–H and O–H groups in total. The number of hydrogen-bond donors (Lipinski definition) is 1. The van der Waals surface area contributed by atoms with Crippen molar-refractivity contribution in [1.82, 2.24) is 10.2 Å². The predicted octanol–water partition coefficient (Wildman–Crippen LogP) is 2.57. The van der Waals surface area contributed by atoms with Crippen molar-refractivity contribution < 1.29 is 9.53 Å². The number of nitrogens with zero attached hydrogens (tertiary/aromatic N) is 1. The smallest absolute Gasteiger partial charge is 0.223 e. The molecule has 4 heteroatoms. The first kappa shape index (κ1) is 16.3. The molecule has 4 nitrogen and oxygen atoms in total. The van der Waals surface area contributed by atoms with Crippen molar-refractivity contribution in [3.05, 3.63) is 0 Å². The van der Waals surface area contributed by atoms with Crippen molar-refractivity contribution in [3.63, 3.8) is 0 Å². The summed E-state index contributed by atoms with van der Waals surface area (Å²) < 4.78 is 5.47. The van der Waals surface area contributed by atoms with Gasteiger partial charge in [0.25, 0.3) is 0 Å². The van der Waals surface area contributed by atoms with Crippen LogP contribution < -0.4 is 5.32 Å². The molecule has 0 aromatic rings. The molecule has 0 aromatic carbocycles. The molecular weight excluding hydrogens is 276 g/mol. The largest absolute Gasteiger partial charge is 0.381 e. The number of amides is 1. The van der Waals surface area contributed by atoms with Crippen LogP contribution in [-0.2, 0) is 9.53 Å². The van der Waals surface area contributed by atoms with E-state index in [0.717, 1.165) is 57.9 Å². The number of carbonyl (C=O) groups excluding carboxylic acids is 1. The summed E-state index contributed by atoms with van der Waals surface area (Å²) in [4.78, 5) is 15.0. The maximum Gasteiger partial charge on any atom is 0.223 e. The van der Waals surface area contributed by atoms with Gasteiger partial charge in [0.2, 0.25) is 5.91 Å². The van der Waals surface area contributed by atoms with Gasteiger partial charge in [0.05, 0.1) is 6.61 Å². The normalized spacial score (nSPS) is 29.4. The Kier molecular flexibility index (Phi) is 6.13. The van der Waals surface area contributed by atoms with Crippen LogP contribution in [0.25, 0.3) is 0 Å². The van der Waals surface area contributed by atoms with Crippen LogP contribution in [0.2, 0.25) is 0 Å². The molecule has 1 aliphatic carbocycles. The maximum atomic E-state index is 12.4. The summed E-state index contributed by atoms with van der Waals surface area (Å²) in [5.74, 6) is 1.36. The van der Waals surface area contributed by atoms with E-state index in [0.29, 0.717) is 11.9 Å². The van der Waals surface area contributed by atoms with Crippen LogP contribution in [0.1, 0.15) is 57.8 Å². The third kappa shape index (κ3) is 4.69. The van der Waals surface area contributed by atoms with Gasteiger partial charge in [-0.3, -0.25) is 4.79 Å². The second-order valence-corrected chi connectivity index (χ2v) is 7.50. The first-order valence-electron chi connectivity index (χ1n) is 9.42. The van der Waals surface area contributed by atoms with Crippen molar-refractivity contribution in [2.24, 2.45) is 11.8 Å². The summed E-state index contributed by atoms with van der Waals surface area (Å²) in [5, 5.41) is 3.34. The van der Waals surface area contributed by atoms with Crippen LogP contribution in [0.3, 0.4) is 0 Å². The Bertz CT molecular complexity index is 339. The van der Waals surface area contributed by atoms with Gasteiger partial charge in [-0.05, 0) is 38.0 Å². The number of rotatable bonds is 4. The molecule has 22 heavy (non-hydrogen) atoms. The van der Waals surface area contributed by atoms with Gasteiger partial charge < -0.3 is 15.0 Å². The third-order valence-corrected chi connectivity index (χ3v) is 5.70. The zero-order valence-electron chi connectivity index (χ0n) is 13.9. The second kappa shape index (κ2) is 8.30. The lowest BCUT2D eigenvalue weighted by Crippen LogP contribution is -2.47. The fourth-order valence-corrected chi connectivity index (χ4v) is 4.21. The molecule has 0 spiro atoms. The SMILES string of the molecule is O=C(NC1CCN(CC2CCOC2)CC1)C1CCCCCC1. The highest BCUT2D eigenvalue weighted by Crippen LogP contribution is 2.24. The lowest BCUT2D eigenvalue weighted by Gasteiger charge is -2.34. The lowest BCUT2D eigenvalue weighted by molar-refractivity contribution is -0.126. The molecule has 1 atom stereocenters. The molecule has 0 radical (unpaired) electrons. The number of ether oxygens (including phenoxy) is 1. The average molecular weight is 308 g/mol. The molecule has 1 unspecified atom stereocenters. The Balaban J connectivity index is 1.36. The highest BCUT2D eigenvalue weighted by molar-refractivity contribution is 5.78. The molecule has 2 saturated heterocycles. The minimum Gasteiger partial charge on any atom is -0.381 e. The van der Waals surface area contributed by atoms with Crippen molar-refractivity contribution in [3.8, 4) is 0 Å². The summed E-state index contributed by atoms with van der Waals surface area (Å²) >= 11 is 0. The van der Waals surface area contributed by atoms with Crippen LogP contribution in [-0.4, -0.2) is 49.7 Å². The van der Waals surface area contributed by atoms with E-state index in [1.807, 2.05) is 0 Å². The summed E-state index contributed by atoms with van der Waals surface area (Å²) in [6.07, 6.45) is 10.8. The Morgan fingerprint density at radius 2 is 1.73 bits per heavy atom. The Hall–Kier alpha value is -0.610. The Labute approximate surface area is 135 Å². The molecule has 0 aromatic heterocycles. The molecular formula is C18H32N2O2. The van der Waals surface area contributed by atoms with Crippen LogP contribution >= 0.6 is 0 Å².